The first-order chi connectivity index (χ1) is 12.4. The maximum Gasteiger partial charge on any atom is 0.191 e. The number of hydrogen-bond acceptors (Lipinski definition) is 4. The smallest absolute Gasteiger partial charge is 0.191 e. The first-order valence-corrected chi connectivity index (χ1v) is 9.91. The zero-order valence-electron chi connectivity index (χ0n) is 15.5. The molecule has 7 heteroatoms. The van der Waals surface area contributed by atoms with Gasteiger partial charge in [0.05, 0.1) is 12.7 Å². The number of ether oxygens (including phenoxy) is 1. The molecule has 3 rings (SSSR count). The van der Waals surface area contributed by atoms with Crippen LogP contribution >= 0.6 is 0 Å². The van der Waals surface area contributed by atoms with Crippen LogP contribution in [0, 0.1) is 0 Å². The molecule has 7 nitrogen and oxygen atoms in total. The molecule has 1 fully saturated rings. The van der Waals surface area contributed by atoms with E-state index >= 15 is 0 Å². The van der Waals surface area contributed by atoms with Crippen LogP contribution in [0.5, 0.6) is 0 Å². The molecule has 2 heterocycles. The number of fused-ring (bicyclic) bond motifs is 1. The third-order valence-electron chi connectivity index (χ3n) is 4.96. The van der Waals surface area contributed by atoms with Gasteiger partial charge in [0.2, 0.25) is 0 Å². The second-order valence-electron chi connectivity index (χ2n) is 6.89. The lowest BCUT2D eigenvalue weighted by molar-refractivity contribution is 0.0468. The van der Waals surface area contributed by atoms with E-state index in [-0.39, 0.29) is 0 Å². The Kier molecular flexibility index (Phi) is 7.09. The Hall–Kier alpha value is -1.63. The van der Waals surface area contributed by atoms with Crippen LogP contribution in [-0.4, -0.2) is 46.5 Å². The molecule has 0 bridgehead atoms. The van der Waals surface area contributed by atoms with E-state index in [0.717, 1.165) is 50.3 Å². The number of nitrogens with one attached hydrogen (secondary N) is 2. The van der Waals surface area contributed by atoms with Crippen LogP contribution in [0.3, 0.4) is 0 Å². The summed E-state index contributed by atoms with van der Waals surface area (Å²) in [6.07, 6.45) is 10.4. The Morgan fingerprint density at radius 3 is 2.80 bits per heavy atom. The molecular weight excluding hydrogens is 316 g/mol. The molecule has 1 aromatic rings. The van der Waals surface area contributed by atoms with Gasteiger partial charge in [-0.15, -0.1) is 10.2 Å². The lowest BCUT2D eigenvalue weighted by Gasteiger charge is -2.16. The Morgan fingerprint density at radius 1 is 1.16 bits per heavy atom. The van der Waals surface area contributed by atoms with Gasteiger partial charge < -0.3 is 19.9 Å². The van der Waals surface area contributed by atoms with Gasteiger partial charge in [-0.2, -0.15) is 0 Å². The first kappa shape index (κ1) is 18.2. The van der Waals surface area contributed by atoms with Crippen LogP contribution in [0.15, 0.2) is 4.99 Å². The van der Waals surface area contributed by atoms with E-state index < -0.39 is 0 Å². The lowest BCUT2D eigenvalue weighted by Crippen LogP contribution is -2.39. The van der Waals surface area contributed by atoms with Crippen LogP contribution < -0.4 is 10.6 Å². The second kappa shape index (κ2) is 9.75. The highest BCUT2D eigenvalue weighted by atomic mass is 16.5. The van der Waals surface area contributed by atoms with Gasteiger partial charge >= 0.3 is 0 Å². The van der Waals surface area contributed by atoms with Crippen molar-refractivity contribution in [3.63, 3.8) is 0 Å². The fourth-order valence-electron chi connectivity index (χ4n) is 3.62. The average molecular weight is 348 g/mol. The summed E-state index contributed by atoms with van der Waals surface area (Å²) in [7, 11) is 0. The number of guanidine groups is 1. The molecule has 0 atom stereocenters. The summed E-state index contributed by atoms with van der Waals surface area (Å²) in [5.41, 5.74) is 0. The molecule has 1 aliphatic heterocycles. The Labute approximate surface area is 150 Å². The summed E-state index contributed by atoms with van der Waals surface area (Å²) in [6.45, 7) is 6.01. The molecule has 1 saturated carbocycles. The summed E-state index contributed by atoms with van der Waals surface area (Å²) in [6, 6.07) is 0. The molecular formula is C18H32N6O. The van der Waals surface area contributed by atoms with Crippen LogP contribution in [-0.2, 0) is 24.2 Å². The van der Waals surface area contributed by atoms with E-state index in [1.807, 2.05) is 0 Å². The summed E-state index contributed by atoms with van der Waals surface area (Å²) < 4.78 is 8.23. The van der Waals surface area contributed by atoms with E-state index in [4.69, 9.17) is 4.74 Å². The van der Waals surface area contributed by atoms with Crippen LogP contribution in [0.25, 0.3) is 0 Å². The standard InChI is InChI=1S/C18H32N6O/c1-2-19-18(20-11-13-25-15-8-5-3-4-6-9-15)21-14-17-23-22-16-10-7-12-24(16)17/h15H,2-14H2,1H3,(H2,19,20,21). The van der Waals surface area contributed by atoms with Crippen LogP contribution in [0.1, 0.15) is 63.5 Å². The van der Waals surface area contributed by atoms with Crippen molar-refractivity contribution in [1.29, 1.82) is 0 Å². The zero-order valence-corrected chi connectivity index (χ0v) is 15.5. The van der Waals surface area contributed by atoms with Crippen molar-refractivity contribution >= 4 is 5.96 Å². The van der Waals surface area contributed by atoms with Gasteiger partial charge in [0.15, 0.2) is 11.8 Å². The fraction of sp³-hybridized carbons (Fsp3) is 0.833. The second-order valence-corrected chi connectivity index (χ2v) is 6.89. The largest absolute Gasteiger partial charge is 0.376 e. The van der Waals surface area contributed by atoms with E-state index in [1.165, 1.54) is 44.9 Å². The molecule has 0 radical (unpaired) electrons. The molecule has 0 aromatic carbocycles. The Bertz CT molecular complexity index is 548. The third-order valence-corrected chi connectivity index (χ3v) is 4.96. The first-order valence-electron chi connectivity index (χ1n) is 9.91. The lowest BCUT2D eigenvalue weighted by atomic mass is 10.1. The number of aromatic nitrogens is 3. The van der Waals surface area contributed by atoms with Crippen molar-refractivity contribution in [2.24, 2.45) is 4.99 Å². The summed E-state index contributed by atoms with van der Waals surface area (Å²) >= 11 is 0. The predicted molar refractivity (Wildman–Crippen MR) is 98.6 cm³/mol. The number of aryl methyl sites for hydroxylation is 1. The molecule has 2 N–H and O–H groups in total. The van der Waals surface area contributed by atoms with Gasteiger partial charge in [0.1, 0.15) is 12.4 Å². The SMILES string of the molecule is CCNC(=NCc1nnc2n1CCC2)NCCOC1CCCCCC1. The van der Waals surface area contributed by atoms with Crippen LogP contribution in [0.4, 0.5) is 0 Å². The van der Waals surface area contributed by atoms with Gasteiger partial charge in [-0.3, -0.25) is 0 Å². The molecule has 1 aliphatic carbocycles. The number of rotatable bonds is 7. The maximum absolute atomic E-state index is 6.03. The fourth-order valence-corrected chi connectivity index (χ4v) is 3.62. The number of aliphatic imine (C=N–C) groups is 1. The maximum atomic E-state index is 6.03. The van der Waals surface area contributed by atoms with Gasteiger partial charge in [-0.05, 0) is 26.2 Å². The average Bonchev–Trinajstić information content (AvgIpc) is 3.13. The summed E-state index contributed by atoms with van der Waals surface area (Å²) in [5, 5.41) is 15.1. The van der Waals surface area contributed by atoms with E-state index in [2.05, 4.69) is 37.3 Å². The molecule has 140 valence electrons. The number of nitrogens with zero attached hydrogens (tertiary/aromatic N) is 4. The quantitative estimate of drug-likeness (QED) is 0.341. The van der Waals surface area contributed by atoms with E-state index in [9.17, 15) is 0 Å². The zero-order chi connectivity index (χ0) is 17.3. The highest BCUT2D eigenvalue weighted by Crippen LogP contribution is 2.19. The summed E-state index contributed by atoms with van der Waals surface area (Å²) in [5.74, 6) is 2.88. The summed E-state index contributed by atoms with van der Waals surface area (Å²) in [4.78, 5) is 4.65. The van der Waals surface area contributed by atoms with Crippen LogP contribution in [0.2, 0.25) is 0 Å². The van der Waals surface area contributed by atoms with E-state index in [1.54, 1.807) is 0 Å². The van der Waals surface area contributed by atoms with Crippen molar-refractivity contribution in [3.8, 4) is 0 Å². The third kappa shape index (κ3) is 5.42. The van der Waals surface area contributed by atoms with Crippen molar-refractivity contribution in [1.82, 2.24) is 25.4 Å². The van der Waals surface area contributed by atoms with Gasteiger partial charge in [0, 0.05) is 26.1 Å². The van der Waals surface area contributed by atoms with Crippen molar-refractivity contribution in [3.05, 3.63) is 11.6 Å². The van der Waals surface area contributed by atoms with Gasteiger partial charge in [0.25, 0.3) is 0 Å². The molecule has 1 aromatic heterocycles. The minimum atomic E-state index is 0.447. The van der Waals surface area contributed by atoms with Gasteiger partial charge in [-0.25, -0.2) is 4.99 Å². The topological polar surface area (TPSA) is 76.4 Å². The molecule has 0 unspecified atom stereocenters. The minimum absolute atomic E-state index is 0.447. The number of hydrogen-bond donors (Lipinski definition) is 2. The Balaban J connectivity index is 1.42. The predicted octanol–water partition coefficient (Wildman–Crippen LogP) is 2.02. The normalized spacial score (nSPS) is 18.8. The van der Waals surface area contributed by atoms with Crippen molar-refractivity contribution < 1.29 is 4.74 Å². The highest BCUT2D eigenvalue weighted by molar-refractivity contribution is 5.79. The molecule has 0 amide bonds. The molecule has 0 saturated heterocycles. The van der Waals surface area contributed by atoms with Crippen molar-refractivity contribution in [2.45, 2.75) is 77.5 Å². The minimum Gasteiger partial charge on any atom is -0.376 e. The Morgan fingerprint density at radius 2 is 2.00 bits per heavy atom. The van der Waals surface area contributed by atoms with E-state index in [0.29, 0.717) is 12.6 Å². The molecule has 0 spiro atoms. The monoisotopic (exact) mass is 348 g/mol. The van der Waals surface area contributed by atoms with Gasteiger partial charge in [-0.1, -0.05) is 25.7 Å². The molecule has 25 heavy (non-hydrogen) atoms. The highest BCUT2D eigenvalue weighted by Gasteiger charge is 2.17. The van der Waals surface area contributed by atoms with Crippen molar-refractivity contribution in [2.75, 3.05) is 19.7 Å². The molecule has 2 aliphatic rings.